The van der Waals surface area contributed by atoms with Crippen LogP contribution in [0.5, 0.6) is 0 Å². The highest BCUT2D eigenvalue weighted by atomic mass is 16.2. The minimum atomic E-state index is -0.435. The van der Waals surface area contributed by atoms with E-state index < -0.39 is 11.1 Å². The van der Waals surface area contributed by atoms with Crippen LogP contribution in [0.3, 0.4) is 0 Å². The number of benzene rings is 5. The molecule has 230 valence electrons. The topological polar surface area (TPSA) is 74.7 Å². The lowest BCUT2D eigenvalue weighted by Gasteiger charge is -2.08. The first-order chi connectivity index (χ1) is 24.2. The Bertz CT molecular complexity index is 3070. The van der Waals surface area contributed by atoms with E-state index in [0.717, 1.165) is 55.1 Å². The van der Waals surface area contributed by atoms with E-state index in [4.69, 9.17) is 4.98 Å². The van der Waals surface area contributed by atoms with Crippen LogP contribution in [0, 0.1) is 0 Å². The summed E-state index contributed by atoms with van der Waals surface area (Å²) in [5.74, 6) is 0.272. The largest absolute Gasteiger partial charge is 0.309 e. The van der Waals surface area contributed by atoms with E-state index in [-0.39, 0.29) is 5.82 Å². The highest BCUT2D eigenvalue weighted by Gasteiger charge is 2.21. The fourth-order valence-electron chi connectivity index (χ4n) is 7.43. The van der Waals surface area contributed by atoms with Gasteiger partial charge < -0.3 is 9.13 Å². The van der Waals surface area contributed by atoms with Crippen LogP contribution < -0.4 is 11.1 Å². The van der Waals surface area contributed by atoms with Crippen molar-refractivity contribution in [1.29, 1.82) is 0 Å². The summed E-state index contributed by atoms with van der Waals surface area (Å²) >= 11 is 0. The Balaban J connectivity index is 1.47. The zero-order valence-electron chi connectivity index (χ0n) is 26.0. The molecule has 0 bridgehead atoms. The Hall–Kier alpha value is -6.86. The van der Waals surface area contributed by atoms with Gasteiger partial charge in [0.05, 0.1) is 33.0 Å². The summed E-state index contributed by atoms with van der Waals surface area (Å²) in [6.07, 6.45) is 3.39. The molecule has 0 saturated carbocycles. The number of aromatic nitrogens is 5. The Kier molecular flexibility index (Phi) is 5.74. The first kappa shape index (κ1) is 27.3. The van der Waals surface area contributed by atoms with Gasteiger partial charge in [-0.05, 0) is 89.6 Å². The van der Waals surface area contributed by atoms with Gasteiger partial charge in [-0.2, -0.15) is 0 Å². The molecule has 7 nitrogen and oxygen atoms in total. The third kappa shape index (κ3) is 3.90. The van der Waals surface area contributed by atoms with E-state index in [1.165, 1.54) is 4.57 Å². The molecule has 10 rings (SSSR count). The first-order valence-corrected chi connectivity index (χ1v) is 16.1. The molecule has 49 heavy (non-hydrogen) atoms. The lowest BCUT2D eigenvalue weighted by Crippen LogP contribution is -2.29. The van der Waals surface area contributed by atoms with E-state index in [1.807, 2.05) is 91.0 Å². The SMILES string of the molecule is O=c1c2cc3c(cc2c2cc4c(cc2c(=O)n1-c1ccccn1)c1ccccc1n4-c1ccccc1)c1ncccc1n3-c1ccccc1. The van der Waals surface area contributed by atoms with Gasteiger partial charge in [0.2, 0.25) is 0 Å². The molecule has 7 heteroatoms. The van der Waals surface area contributed by atoms with Crippen molar-refractivity contribution in [3.8, 4) is 17.2 Å². The molecular formula is C42H25N5O2. The van der Waals surface area contributed by atoms with E-state index in [2.05, 4.69) is 44.5 Å². The maximum absolute atomic E-state index is 14.8. The lowest BCUT2D eigenvalue weighted by atomic mass is 10.0. The smallest absolute Gasteiger partial charge is 0.267 e. The van der Waals surface area contributed by atoms with Gasteiger partial charge in [-0.3, -0.25) is 14.6 Å². The predicted molar refractivity (Wildman–Crippen MR) is 198 cm³/mol. The molecule has 0 aliphatic rings. The molecule has 0 unspecified atom stereocenters. The fourth-order valence-corrected chi connectivity index (χ4v) is 7.43. The fraction of sp³-hybridized carbons (Fsp3) is 0. The Morgan fingerprint density at radius 2 is 0.918 bits per heavy atom. The molecular weight excluding hydrogens is 606 g/mol. The van der Waals surface area contributed by atoms with Crippen molar-refractivity contribution >= 4 is 65.3 Å². The first-order valence-electron chi connectivity index (χ1n) is 16.1. The average Bonchev–Trinajstić information content (AvgIpc) is 3.64. The van der Waals surface area contributed by atoms with Gasteiger partial charge in [0.1, 0.15) is 5.82 Å². The number of pyridine rings is 2. The number of hydrogen-bond acceptors (Lipinski definition) is 4. The van der Waals surface area contributed by atoms with Crippen LogP contribution in [0.25, 0.3) is 82.5 Å². The zero-order valence-corrected chi connectivity index (χ0v) is 26.0. The van der Waals surface area contributed by atoms with E-state index in [9.17, 15) is 9.59 Å². The quantitative estimate of drug-likeness (QED) is 0.196. The van der Waals surface area contributed by atoms with Gasteiger partial charge in [0.25, 0.3) is 11.1 Å². The monoisotopic (exact) mass is 631 g/mol. The standard InChI is InChI=1S/C42H25N5O2/c48-41-32-23-31-28-16-7-8-17-35(28)45(26-12-3-1-4-13-26)37(31)24-30(32)29-22-34-38(25-33(29)42(49)47(41)39-19-9-10-20-43-39)46(27-14-5-2-6-15-27)36-18-11-21-44-40(34)36/h1-25H. The van der Waals surface area contributed by atoms with Gasteiger partial charge in [-0.1, -0.05) is 60.7 Å². The van der Waals surface area contributed by atoms with E-state index in [1.54, 1.807) is 30.6 Å². The van der Waals surface area contributed by atoms with Crippen LogP contribution >= 0.6 is 0 Å². The van der Waals surface area contributed by atoms with Crippen LogP contribution in [0.15, 0.2) is 162 Å². The molecule has 10 aromatic rings. The number of rotatable bonds is 3. The molecule has 0 aliphatic heterocycles. The third-order valence-corrected chi connectivity index (χ3v) is 9.54. The van der Waals surface area contributed by atoms with Gasteiger partial charge >= 0.3 is 0 Å². The normalized spacial score (nSPS) is 11.8. The summed E-state index contributed by atoms with van der Waals surface area (Å²) in [5, 5.41) is 5.02. The zero-order chi connectivity index (χ0) is 32.6. The second-order valence-corrected chi connectivity index (χ2v) is 12.2. The van der Waals surface area contributed by atoms with Crippen LogP contribution in [-0.2, 0) is 0 Å². The maximum atomic E-state index is 14.8. The van der Waals surface area contributed by atoms with Crippen molar-refractivity contribution in [3.05, 3.63) is 173 Å². The lowest BCUT2D eigenvalue weighted by molar-refractivity contribution is 0.928. The average molecular weight is 632 g/mol. The summed E-state index contributed by atoms with van der Waals surface area (Å²) in [6.45, 7) is 0. The van der Waals surface area contributed by atoms with Crippen LogP contribution in [0.2, 0.25) is 0 Å². The van der Waals surface area contributed by atoms with Crippen molar-refractivity contribution in [3.63, 3.8) is 0 Å². The summed E-state index contributed by atoms with van der Waals surface area (Å²) in [6, 6.07) is 45.6. The number of nitrogens with zero attached hydrogens (tertiary/aromatic N) is 5. The molecule has 0 atom stereocenters. The minimum Gasteiger partial charge on any atom is -0.309 e. The Morgan fingerprint density at radius 3 is 1.65 bits per heavy atom. The van der Waals surface area contributed by atoms with Crippen molar-refractivity contribution in [2.24, 2.45) is 0 Å². The highest BCUT2D eigenvalue weighted by molar-refractivity contribution is 6.20. The molecule has 0 spiro atoms. The van der Waals surface area contributed by atoms with Gasteiger partial charge in [0.15, 0.2) is 0 Å². The molecule has 0 saturated heterocycles. The van der Waals surface area contributed by atoms with Crippen molar-refractivity contribution in [1.82, 2.24) is 23.7 Å². The molecule has 5 aromatic carbocycles. The molecule has 5 aromatic heterocycles. The molecule has 5 heterocycles. The van der Waals surface area contributed by atoms with Crippen LogP contribution in [0.1, 0.15) is 0 Å². The minimum absolute atomic E-state index is 0.272. The summed E-state index contributed by atoms with van der Waals surface area (Å²) in [4.78, 5) is 38.8. The molecule has 0 amide bonds. The molecule has 0 radical (unpaired) electrons. The van der Waals surface area contributed by atoms with E-state index >= 15 is 0 Å². The number of hydrogen-bond donors (Lipinski definition) is 0. The number of fused-ring (bicyclic) bond motifs is 9. The highest BCUT2D eigenvalue weighted by Crippen LogP contribution is 2.38. The molecule has 0 aliphatic carbocycles. The third-order valence-electron chi connectivity index (χ3n) is 9.54. The van der Waals surface area contributed by atoms with Crippen molar-refractivity contribution < 1.29 is 0 Å². The van der Waals surface area contributed by atoms with Crippen LogP contribution in [0.4, 0.5) is 0 Å². The van der Waals surface area contributed by atoms with Crippen LogP contribution in [-0.4, -0.2) is 23.7 Å². The van der Waals surface area contributed by atoms with Crippen molar-refractivity contribution in [2.75, 3.05) is 0 Å². The van der Waals surface area contributed by atoms with Gasteiger partial charge in [-0.15, -0.1) is 0 Å². The second-order valence-electron chi connectivity index (χ2n) is 12.2. The predicted octanol–water partition coefficient (Wildman–Crippen LogP) is 8.49. The molecule has 0 N–H and O–H groups in total. The summed E-state index contributed by atoms with van der Waals surface area (Å²) in [5.41, 5.74) is 5.62. The molecule has 0 fully saturated rings. The van der Waals surface area contributed by atoms with E-state index in [0.29, 0.717) is 21.5 Å². The summed E-state index contributed by atoms with van der Waals surface area (Å²) in [7, 11) is 0. The Morgan fingerprint density at radius 1 is 0.367 bits per heavy atom. The second kappa shape index (κ2) is 10.3. The van der Waals surface area contributed by atoms with Gasteiger partial charge in [-0.25, -0.2) is 9.55 Å². The van der Waals surface area contributed by atoms with Gasteiger partial charge in [0, 0.05) is 45.3 Å². The maximum Gasteiger partial charge on any atom is 0.267 e. The summed E-state index contributed by atoms with van der Waals surface area (Å²) < 4.78 is 5.56. The van der Waals surface area contributed by atoms with Crippen molar-refractivity contribution in [2.45, 2.75) is 0 Å². The Labute approximate surface area is 278 Å². The number of para-hydroxylation sites is 3.